The fourth-order valence-corrected chi connectivity index (χ4v) is 2.76. The summed E-state index contributed by atoms with van der Waals surface area (Å²) in [7, 11) is 0. The van der Waals surface area contributed by atoms with Gasteiger partial charge in [0.1, 0.15) is 0 Å². The monoisotopic (exact) mass is 284 g/mol. The van der Waals surface area contributed by atoms with Crippen molar-refractivity contribution in [2.75, 3.05) is 19.6 Å². The van der Waals surface area contributed by atoms with E-state index >= 15 is 0 Å². The van der Waals surface area contributed by atoms with Crippen LogP contribution in [-0.4, -0.2) is 47.1 Å². The third-order valence-corrected chi connectivity index (χ3v) is 3.88. The van der Waals surface area contributed by atoms with Crippen LogP contribution in [0.2, 0.25) is 0 Å². The van der Waals surface area contributed by atoms with Gasteiger partial charge in [0.25, 0.3) is 0 Å². The van der Waals surface area contributed by atoms with E-state index in [0.29, 0.717) is 25.9 Å². The lowest BCUT2D eigenvalue weighted by atomic mass is 9.76. The number of carbonyl (C=O) groups excluding carboxylic acids is 1. The molecule has 1 aliphatic heterocycles. The highest BCUT2D eigenvalue weighted by atomic mass is 16.4. The molecule has 0 aliphatic carbocycles. The molecule has 1 unspecified atom stereocenters. The van der Waals surface area contributed by atoms with Gasteiger partial charge in [0, 0.05) is 18.6 Å². The van der Waals surface area contributed by atoms with Crippen LogP contribution in [-0.2, 0) is 9.59 Å². The van der Waals surface area contributed by atoms with E-state index in [1.54, 1.807) is 4.90 Å². The number of piperidine rings is 1. The van der Waals surface area contributed by atoms with Crippen molar-refractivity contribution in [2.24, 2.45) is 5.41 Å². The summed E-state index contributed by atoms with van der Waals surface area (Å²) in [5.74, 6) is -0.762. The molecule has 0 aromatic rings. The molecule has 1 atom stereocenters. The molecule has 1 heterocycles. The Morgan fingerprint density at radius 1 is 1.35 bits per heavy atom. The number of carbonyl (C=O) groups is 2. The summed E-state index contributed by atoms with van der Waals surface area (Å²) >= 11 is 0. The van der Waals surface area contributed by atoms with Gasteiger partial charge < -0.3 is 15.3 Å². The van der Waals surface area contributed by atoms with Crippen LogP contribution in [0.1, 0.15) is 53.4 Å². The predicted molar refractivity (Wildman–Crippen MR) is 78.5 cm³/mol. The molecule has 0 radical (unpaired) electrons. The molecule has 5 nitrogen and oxygen atoms in total. The number of carboxylic acids is 1. The first-order valence-electron chi connectivity index (χ1n) is 7.46. The lowest BCUT2D eigenvalue weighted by Crippen LogP contribution is -2.53. The second kappa shape index (κ2) is 6.57. The maximum absolute atomic E-state index is 12.2. The summed E-state index contributed by atoms with van der Waals surface area (Å²) in [4.78, 5) is 25.5. The molecule has 0 aromatic heterocycles. The highest BCUT2D eigenvalue weighted by Gasteiger charge is 2.42. The Morgan fingerprint density at radius 3 is 2.50 bits per heavy atom. The lowest BCUT2D eigenvalue weighted by Gasteiger charge is -2.40. The second-order valence-corrected chi connectivity index (χ2v) is 6.86. The average molecular weight is 284 g/mol. The number of carboxylic acid groups (broad SMARTS) is 1. The molecule has 0 bridgehead atoms. The largest absolute Gasteiger partial charge is 0.481 e. The molecule has 1 rings (SSSR count). The van der Waals surface area contributed by atoms with Crippen molar-refractivity contribution >= 4 is 11.9 Å². The molecule has 5 heteroatoms. The van der Waals surface area contributed by atoms with Crippen LogP contribution in [0.3, 0.4) is 0 Å². The van der Waals surface area contributed by atoms with Crippen LogP contribution in [0.15, 0.2) is 0 Å². The van der Waals surface area contributed by atoms with Gasteiger partial charge in [-0.1, -0.05) is 13.3 Å². The van der Waals surface area contributed by atoms with Crippen molar-refractivity contribution in [1.82, 2.24) is 10.2 Å². The number of likely N-dealkylation sites (tertiary alicyclic amines) is 1. The molecular weight excluding hydrogens is 256 g/mol. The highest BCUT2D eigenvalue weighted by molar-refractivity contribution is 5.81. The fraction of sp³-hybridized carbons (Fsp3) is 0.867. The van der Waals surface area contributed by atoms with Crippen LogP contribution in [0.4, 0.5) is 0 Å². The van der Waals surface area contributed by atoms with Crippen LogP contribution in [0.5, 0.6) is 0 Å². The molecule has 1 aliphatic rings. The number of rotatable bonds is 5. The Hall–Kier alpha value is -1.10. The zero-order valence-corrected chi connectivity index (χ0v) is 13.2. The third kappa shape index (κ3) is 4.47. The smallest absolute Gasteiger partial charge is 0.311 e. The van der Waals surface area contributed by atoms with Gasteiger partial charge in [0.2, 0.25) is 5.91 Å². The first-order valence-corrected chi connectivity index (χ1v) is 7.46. The number of nitrogens with zero attached hydrogens (tertiary/aromatic N) is 1. The second-order valence-electron chi connectivity index (χ2n) is 6.86. The Kier molecular flexibility index (Phi) is 5.57. The molecule has 1 fully saturated rings. The van der Waals surface area contributed by atoms with Crippen LogP contribution >= 0.6 is 0 Å². The Bertz CT molecular complexity index is 359. The number of hydrogen-bond acceptors (Lipinski definition) is 3. The molecule has 0 spiro atoms. The number of hydrogen-bond donors (Lipinski definition) is 2. The average Bonchev–Trinajstić information content (AvgIpc) is 2.35. The van der Waals surface area contributed by atoms with Crippen molar-refractivity contribution < 1.29 is 14.7 Å². The van der Waals surface area contributed by atoms with Crippen LogP contribution in [0, 0.1) is 5.41 Å². The van der Waals surface area contributed by atoms with Gasteiger partial charge in [-0.3, -0.25) is 9.59 Å². The van der Waals surface area contributed by atoms with Crippen molar-refractivity contribution in [2.45, 2.75) is 58.9 Å². The predicted octanol–water partition coefficient (Wildman–Crippen LogP) is 1.87. The molecule has 1 saturated heterocycles. The topological polar surface area (TPSA) is 69.6 Å². The number of aliphatic carboxylic acids is 1. The molecular formula is C15H28N2O3. The van der Waals surface area contributed by atoms with Gasteiger partial charge >= 0.3 is 5.97 Å². The first-order chi connectivity index (χ1) is 9.20. The molecule has 2 N–H and O–H groups in total. The van der Waals surface area contributed by atoms with E-state index in [1.165, 1.54) is 0 Å². The molecule has 116 valence electrons. The van der Waals surface area contributed by atoms with Gasteiger partial charge in [-0.05, 0) is 40.0 Å². The summed E-state index contributed by atoms with van der Waals surface area (Å²) in [5, 5.41) is 12.7. The normalized spacial score (nSPS) is 23.7. The van der Waals surface area contributed by atoms with Crippen molar-refractivity contribution in [1.29, 1.82) is 0 Å². The van der Waals surface area contributed by atoms with Crippen molar-refractivity contribution in [3.63, 3.8) is 0 Å². The maximum atomic E-state index is 12.2. The van der Waals surface area contributed by atoms with Crippen molar-refractivity contribution in [3.8, 4) is 0 Å². The van der Waals surface area contributed by atoms with Gasteiger partial charge in [0.15, 0.2) is 0 Å². The molecule has 0 aromatic carbocycles. The van der Waals surface area contributed by atoms with Crippen molar-refractivity contribution in [3.05, 3.63) is 0 Å². The van der Waals surface area contributed by atoms with E-state index in [9.17, 15) is 14.7 Å². The van der Waals surface area contributed by atoms with Gasteiger partial charge in [-0.15, -0.1) is 0 Å². The molecule has 0 saturated carbocycles. The SMILES string of the molecule is CCCC1(C(=O)O)CCCN(C(=O)CNC(C)(C)C)C1. The van der Waals surface area contributed by atoms with E-state index in [-0.39, 0.29) is 18.0 Å². The summed E-state index contributed by atoms with van der Waals surface area (Å²) in [6.07, 6.45) is 2.91. The van der Waals surface area contributed by atoms with Gasteiger partial charge in [-0.25, -0.2) is 0 Å². The molecule has 1 amide bonds. The maximum Gasteiger partial charge on any atom is 0.311 e. The summed E-state index contributed by atoms with van der Waals surface area (Å²) in [6, 6.07) is 0. The third-order valence-electron chi connectivity index (χ3n) is 3.88. The van der Waals surface area contributed by atoms with E-state index in [4.69, 9.17) is 0 Å². The standard InChI is InChI=1S/C15H28N2O3/c1-5-7-15(13(19)20)8-6-9-17(11-15)12(18)10-16-14(2,3)4/h16H,5-11H2,1-4H3,(H,19,20). The summed E-state index contributed by atoms with van der Waals surface area (Å²) in [6.45, 7) is 9.31. The van der Waals surface area contributed by atoms with Gasteiger partial charge in [0.05, 0.1) is 12.0 Å². The number of nitrogens with one attached hydrogen (secondary N) is 1. The summed E-state index contributed by atoms with van der Waals surface area (Å²) in [5.41, 5.74) is -0.858. The van der Waals surface area contributed by atoms with E-state index in [1.807, 2.05) is 27.7 Å². The minimum absolute atomic E-state index is 0.00125. The Labute approximate surface area is 121 Å². The lowest BCUT2D eigenvalue weighted by molar-refractivity contribution is -0.155. The van der Waals surface area contributed by atoms with E-state index < -0.39 is 11.4 Å². The Balaban J connectivity index is 2.68. The Morgan fingerprint density at radius 2 is 2.00 bits per heavy atom. The van der Waals surface area contributed by atoms with Gasteiger partial charge in [-0.2, -0.15) is 0 Å². The van der Waals surface area contributed by atoms with Crippen LogP contribution in [0.25, 0.3) is 0 Å². The van der Waals surface area contributed by atoms with Crippen LogP contribution < -0.4 is 5.32 Å². The highest BCUT2D eigenvalue weighted by Crippen LogP contribution is 2.35. The number of amides is 1. The quantitative estimate of drug-likeness (QED) is 0.808. The zero-order chi connectivity index (χ0) is 15.4. The molecule has 20 heavy (non-hydrogen) atoms. The minimum Gasteiger partial charge on any atom is -0.481 e. The first kappa shape index (κ1) is 17.0. The zero-order valence-electron chi connectivity index (χ0n) is 13.2. The fourth-order valence-electron chi connectivity index (χ4n) is 2.76. The summed E-state index contributed by atoms with van der Waals surface area (Å²) < 4.78 is 0. The van der Waals surface area contributed by atoms with E-state index in [0.717, 1.165) is 12.8 Å². The minimum atomic E-state index is -0.763. The van der Waals surface area contributed by atoms with E-state index in [2.05, 4.69) is 5.32 Å².